The monoisotopic (exact) mass is 290 g/mol. The summed E-state index contributed by atoms with van der Waals surface area (Å²) < 4.78 is 28.4. The molecule has 1 aromatic heterocycles. The summed E-state index contributed by atoms with van der Waals surface area (Å²) in [7, 11) is 0. The van der Waals surface area contributed by atoms with Crippen molar-refractivity contribution < 1.29 is 13.6 Å². The summed E-state index contributed by atoms with van der Waals surface area (Å²) >= 11 is 0. The van der Waals surface area contributed by atoms with Gasteiger partial charge in [0.25, 0.3) is 0 Å². The van der Waals surface area contributed by atoms with Crippen molar-refractivity contribution in [3.8, 4) is 0 Å². The van der Waals surface area contributed by atoms with Gasteiger partial charge in [0.1, 0.15) is 11.6 Å². The van der Waals surface area contributed by atoms with Crippen LogP contribution in [-0.4, -0.2) is 15.6 Å². The fourth-order valence-corrected chi connectivity index (χ4v) is 2.86. The summed E-state index contributed by atoms with van der Waals surface area (Å²) in [4.78, 5) is 12.1. The highest BCUT2D eigenvalue weighted by atomic mass is 19.1. The molecule has 1 heterocycles. The molecule has 1 aliphatic carbocycles. The maximum Gasteiger partial charge on any atom is 0.166 e. The third-order valence-electron chi connectivity index (χ3n) is 3.90. The van der Waals surface area contributed by atoms with Crippen molar-refractivity contribution in [3.63, 3.8) is 0 Å². The van der Waals surface area contributed by atoms with Gasteiger partial charge in [0.2, 0.25) is 0 Å². The molecular weight excluding hydrogens is 274 g/mol. The summed E-state index contributed by atoms with van der Waals surface area (Å²) in [6.07, 6.45) is 2.80. The van der Waals surface area contributed by atoms with Crippen LogP contribution in [0.2, 0.25) is 0 Å². The van der Waals surface area contributed by atoms with Gasteiger partial charge in [-0.3, -0.25) is 9.48 Å². The van der Waals surface area contributed by atoms with E-state index in [0.717, 1.165) is 30.3 Å². The molecule has 3 rings (SSSR count). The number of rotatable bonds is 3. The normalized spacial score (nSPS) is 14.3. The molecular formula is C16H16F2N2O. The predicted octanol–water partition coefficient (Wildman–Crippen LogP) is 3.29. The Bertz CT molecular complexity index is 707. The van der Waals surface area contributed by atoms with Gasteiger partial charge in [-0.15, -0.1) is 0 Å². The fraction of sp³-hybridized carbons (Fsp3) is 0.375. The van der Waals surface area contributed by atoms with Crippen molar-refractivity contribution in [1.29, 1.82) is 0 Å². The van der Waals surface area contributed by atoms with E-state index in [1.807, 2.05) is 6.92 Å². The Morgan fingerprint density at radius 3 is 2.81 bits per heavy atom. The minimum atomic E-state index is -0.594. The molecule has 0 unspecified atom stereocenters. The number of carbonyl (C=O) groups excluding carboxylic acids is 1. The van der Waals surface area contributed by atoms with E-state index < -0.39 is 11.6 Å². The van der Waals surface area contributed by atoms with Crippen LogP contribution in [0.1, 0.15) is 47.1 Å². The summed E-state index contributed by atoms with van der Waals surface area (Å²) in [6, 6.07) is 3.53. The van der Waals surface area contributed by atoms with Crippen LogP contribution in [-0.2, 0) is 19.4 Å². The molecule has 0 saturated carbocycles. The molecule has 2 aromatic rings. The van der Waals surface area contributed by atoms with Crippen LogP contribution in [0.25, 0.3) is 0 Å². The highest BCUT2D eigenvalue weighted by Gasteiger charge is 2.26. The van der Waals surface area contributed by atoms with Gasteiger partial charge in [0.15, 0.2) is 5.78 Å². The van der Waals surface area contributed by atoms with Crippen LogP contribution in [0.4, 0.5) is 8.78 Å². The van der Waals surface area contributed by atoms with Gasteiger partial charge < -0.3 is 0 Å². The number of aryl methyl sites for hydroxylation is 1. The van der Waals surface area contributed by atoms with E-state index in [2.05, 4.69) is 5.10 Å². The van der Waals surface area contributed by atoms with Gasteiger partial charge in [-0.1, -0.05) is 13.0 Å². The zero-order valence-electron chi connectivity index (χ0n) is 11.8. The first-order valence-corrected chi connectivity index (χ1v) is 7.15. The van der Waals surface area contributed by atoms with Gasteiger partial charge in [0.05, 0.1) is 17.8 Å². The van der Waals surface area contributed by atoms with E-state index in [-0.39, 0.29) is 12.3 Å². The lowest BCUT2D eigenvalue weighted by atomic mass is 9.94. The number of Topliss-reactive ketones (excluding diaryl/α,β-unsaturated/α-hetero) is 1. The number of hydrogen-bond donors (Lipinski definition) is 0. The van der Waals surface area contributed by atoms with E-state index in [1.54, 1.807) is 4.68 Å². The van der Waals surface area contributed by atoms with Crippen molar-refractivity contribution in [2.24, 2.45) is 0 Å². The summed E-state index contributed by atoms with van der Waals surface area (Å²) in [6.45, 7) is 2.18. The first-order chi connectivity index (χ1) is 10.1. The first-order valence-electron chi connectivity index (χ1n) is 7.15. The lowest BCUT2D eigenvalue weighted by Crippen LogP contribution is -2.15. The van der Waals surface area contributed by atoms with Crippen LogP contribution in [0.15, 0.2) is 18.2 Å². The lowest BCUT2D eigenvalue weighted by Gasteiger charge is -2.13. The molecule has 0 N–H and O–H groups in total. The molecule has 0 atom stereocenters. The first kappa shape index (κ1) is 13.9. The second-order valence-corrected chi connectivity index (χ2v) is 5.29. The van der Waals surface area contributed by atoms with Crippen LogP contribution in [0, 0.1) is 11.6 Å². The number of benzene rings is 1. The zero-order valence-corrected chi connectivity index (χ0v) is 11.8. The molecule has 3 nitrogen and oxygen atoms in total. The average Bonchev–Trinajstić information content (AvgIpc) is 2.81. The Morgan fingerprint density at radius 1 is 1.29 bits per heavy atom. The van der Waals surface area contributed by atoms with Crippen molar-refractivity contribution >= 4 is 5.78 Å². The zero-order chi connectivity index (χ0) is 15.0. The van der Waals surface area contributed by atoms with Gasteiger partial charge in [-0.25, -0.2) is 8.78 Å². The van der Waals surface area contributed by atoms with E-state index in [4.69, 9.17) is 0 Å². The highest BCUT2D eigenvalue weighted by Crippen LogP contribution is 2.26. The Hall–Kier alpha value is -2.04. The summed E-state index contributed by atoms with van der Waals surface area (Å²) in [5, 5.41) is 4.45. The number of nitrogens with zero attached hydrogens (tertiary/aromatic N) is 2. The number of aromatic nitrogens is 2. The van der Waals surface area contributed by atoms with E-state index in [1.165, 1.54) is 12.1 Å². The molecule has 0 saturated heterocycles. The number of carbonyl (C=O) groups is 1. The molecule has 0 radical (unpaired) electrons. The Kier molecular flexibility index (Phi) is 3.57. The molecule has 0 spiro atoms. The number of ketones is 1. The van der Waals surface area contributed by atoms with Gasteiger partial charge in [-0.2, -0.15) is 5.10 Å². The molecule has 1 aromatic carbocycles. The maximum absolute atomic E-state index is 13.8. The minimum absolute atomic E-state index is 0.124. The standard InChI is InChI=1S/C16H16F2N2O/c1-2-13-16-14(4-3-5-15(16)21)20(19-13)9-10-6-7-11(17)8-12(10)18/h6-8H,2-5,9H2,1H3. The lowest BCUT2D eigenvalue weighted by molar-refractivity contribution is 0.0971. The van der Waals surface area contributed by atoms with Crippen molar-refractivity contribution in [2.45, 2.75) is 39.2 Å². The third-order valence-corrected chi connectivity index (χ3v) is 3.90. The molecule has 110 valence electrons. The average molecular weight is 290 g/mol. The third kappa shape index (κ3) is 2.48. The molecule has 21 heavy (non-hydrogen) atoms. The smallest absolute Gasteiger partial charge is 0.166 e. The second-order valence-electron chi connectivity index (χ2n) is 5.29. The van der Waals surface area contributed by atoms with Crippen LogP contribution < -0.4 is 0 Å². The van der Waals surface area contributed by atoms with Gasteiger partial charge >= 0.3 is 0 Å². The van der Waals surface area contributed by atoms with E-state index in [0.29, 0.717) is 24.0 Å². The minimum Gasteiger partial charge on any atom is -0.294 e. The SMILES string of the molecule is CCc1nn(Cc2ccc(F)cc2F)c2c1C(=O)CCC2. The fourth-order valence-electron chi connectivity index (χ4n) is 2.86. The molecule has 5 heteroatoms. The molecule has 0 bridgehead atoms. The number of fused-ring (bicyclic) bond motifs is 1. The maximum atomic E-state index is 13.8. The van der Waals surface area contributed by atoms with Crippen molar-refractivity contribution in [2.75, 3.05) is 0 Å². The second kappa shape index (κ2) is 5.39. The number of hydrogen-bond acceptors (Lipinski definition) is 2. The Balaban J connectivity index is 2.01. The number of halogens is 2. The van der Waals surface area contributed by atoms with Gasteiger partial charge in [0, 0.05) is 23.7 Å². The highest BCUT2D eigenvalue weighted by molar-refractivity contribution is 5.99. The largest absolute Gasteiger partial charge is 0.294 e. The van der Waals surface area contributed by atoms with Crippen LogP contribution in [0.3, 0.4) is 0 Å². The predicted molar refractivity (Wildman–Crippen MR) is 74.3 cm³/mol. The summed E-state index contributed by atoms with van der Waals surface area (Å²) in [5.74, 6) is -1.05. The summed E-state index contributed by atoms with van der Waals surface area (Å²) in [5.41, 5.74) is 2.75. The topological polar surface area (TPSA) is 34.9 Å². The van der Waals surface area contributed by atoms with Crippen molar-refractivity contribution in [3.05, 3.63) is 52.3 Å². The molecule has 1 aliphatic rings. The van der Waals surface area contributed by atoms with Crippen LogP contribution in [0.5, 0.6) is 0 Å². The Labute approximate surface area is 121 Å². The molecule has 0 fully saturated rings. The Morgan fingerprint density at radius 2 is 2.10 bits per heavy atom. The molecule has 0 amide bonds. The van der Waals surface area contributed by atoms with Gasteiger partial charge in [-0.05, 0) is 25.3 Å². The molecule has 0 aliphatic heterocycles. The van der Waals surface area contributed by atoms with E-state index >= 15 is 0 Å². The van der Waals surface area contributed by atoms with Crippen LogP contribution >= 0.6 is 0 Å². The quantitative estimate of drug-likeness (QED) is 0.869. The van der Waals surface area contributed by atoms with E-state index in [9.17, 15) is 13.6 Å². The van der Waals surface area contributed by atoms with Crippen molar-refractivity contribution in [1.82, 2.24) is 9.78 Å².